The molecule has 0 heterocycles. The molecule has 0 bridgehead atoms. The number of hydrogen-bond donors (Lipinski definition) is 0. The minimum absolute atomic E-state index is 0.249. The van der Waals surface area contributed by atoms with E-state index in [0.29, 0.717) is 6.61 Å². The van der Waals surface area contributed by atoms with Crippen LogP contribution in [0, 0.1) is 0 Å². The predicted octanol–water partition coefficient (Wildman–Crippen LogP) is 3.80. The topological polar surface area (TPSA) is 52.6 Å². The van der Waals surface area contributed by atoms with Gasteiger partial charge in [-0.3, -0.25) is 0 Å². The standard InChI is InChI=1S/C16H22O4Si/c1-5-6-9-12-19-15(17)13-10-7-8-11-14(13)16(18)20-21(2,3)4/h5,7-8,10-11H,1,6,9,12H2,2-4H3. The number of carbonyl (C=O) groups is 2. The third kappa shape index (κ3) is 5.95. The van der Waals surface area contributed by atoms with Crippen LogP contribution in [0.2, 0.25) is 19.6 Å². The molecule has 1 rings (SSSR count). The maximum Gasteiger partial charge on any atom is 0.339 e. The van der Waals surface area contributed by atoms with Crippen LogP contribution in [0.4, 0.5) is 0 Å². The largest absolute Gasteiger partial charge is 0.516 e. The van der Waals surface area contributed by atoms with Crippen LogP contribution in [0.3, 0.4) is 0 Å². The Labute approximate surface area is 126 Å². The molecule has 0 unspecified atom stereocenters. The number of hydrogen-bond acceptors (Lipinski definition) is 4. The monoisotopic (exact) mass is 306 g/mol. The van der Waals surface area contributed by atoms with E-state index in [-0.39, 0.29) is 11.1 Å². The van der Waals surface area contributed by atoms with Crippen LogP contribution in [0.5, 0.6) is 0 Å². The molecule has 0 amide bonds. The van der Waals surface area contributed by atoms with Crippen molar-refractivity contribution in [2.45, 2.75) is 32.5 Å². The number of ether oxygens (including phenoxy) is 1. The molecule has 0 fully saturated rings. The second kappa shape index (κ2) is 7.78. The maximum atomic E-state index is 12.2. The number of allylic oxidation sites excluding steroid dienone is 1. The molecule has 1 aromatic rings. The molecule has 0 aliphatic rings. The van der Waals surface area contributed by atoms with Crippen LogP contribution >= 0.6 is 0 Å². The molecule has 4 nitrogen and oxygen atoms in total. The van der Waals surface area contributed by atoms with Crippen molar-refractivity contribution >= 4 is 20.3 Å². The van der Waals surface area contributed by atoms with Crippen molar-refractivity contribution in [3.63, 3.8) is 0 Å². The Morgan fingerprint density at radius 1 is 1.14 bits per heavy atom. The third-order valence-electron chi connectivity index (χ3n) is 2.55. The van der Waals surface area contributed by atoms with Crippen molar-refractivity contribution in [1.29, 1.82) is 0 Å². The number of unbranched alkanes of at least 4 members (excludes halogenated alkanes) is 1. The maximum absolute atomic E-state index is 12.2. The fourth-order valence-corrected chi connectivity index (χ4v) is 2.31. The molecule has 114 valence electrons. The smallest absolute Gasteiger partial charge is 0.339 e. The summed E-state index contributed by atoms with van der Waals surface area (Å²) in [5.41, 5.74) is 0.507. The van der Waals surface area contributed by atoms with Gasteiger partial charge in [-0.25, -0.2) is 9.59 Å². The SMILES string of the molecule is C=CCCCOC(=O)c1ccccc1C(=O)O[Si](C)(C)C. The van der Waals surface area contributed by atoms with Crippen molar-refractivity contribution in [3.8, 4) is 0 Å². The Morgan fingerprint density at radius 3 is 2.24 bits per heavy atom. The van der Waals surface area contributed by atoms with Gasteiger partial charge in [0.15, 0.2) is 0 Å². The quantitative estimate of drug-likeness (QED) is 0.333. The van der Waals surface area contributed by atoms with Crippen molar-refractivity contribution in [2.75, 3.05) is 6.61 Å². The van der Waals surface area contributed by atoms with E-state index in [2.05, 4.69) is 6.58 Å². The van der Waals surface area contributed by atoms with Crippen LogP contribution in [0.15, 0.2) is 36.9 Å². The summed E-state index contributed by atoms with van der Waals surface area (Å²) in [6, 6.07) is 6.57. The van der Waals surface area contributed by atoms with Gasteiger partial charge in [0.05, 0.1) is 17.7 Å². The van der Waals surface area contributed by atoms with Gasteiger partial charge in [0.2, 0.25) is 8.32 Å². The van der Waals surface area contributed by atoms with E-state index in [1.54, 1.807) is 30.3 Å². The van der Waals surface area contributed by atoms with Gasteiger partial charge in [-0.2, -0.15) is 0 Å². The Kier molecular flexibility index (Phi) is 6.36. The van der Waals surface area contributed by atoms with Gasteiger partial charge < -0.3 is 9.16 Å². The first-order chi connectivity index (χ1) is 9.85. The van der Waals surface area contributed by atoms with Crippen LogP contribution in [0.1, 0.15) is 33.6 Å². The zero-order valence-electron chi connectivity index (χ0n) is 12.8. The average Bonchev–Trinajstić information content (AvgIpc) is 2.41. The first kappa shape index (κ1) is 17.2. The molecule has 1 aromatic carbocycles. The number of esters is 1. The number of carbonyl (C=O) groups excluding carboxylic acids is 2. The highest BCUT2D eigenvalue weighted by Crippen LogP contribution is 2.15. The van der Waals surface area contributed by atoms with E-state index >= 15 is 0 Å². The normalized spacial score (nSPS) is 10.8. The molecule has 21 heavy (non-hydrogen) atoms. The van der Waals surface area contributed by atoms with Gasteiger partial charge in [-0.15, -0.1) is 6.58 Å². The summed E-state index contributed by atoms with van der Waals surface area (Å²) in [5, 5.41) is 0. The lowest BCUT2D eigenvalue weighted by Gasteiger charge is -2.18. The molecule has 5 heteroatoms. The van der Waals surface area contributed by atoms with Gasteiger partial charge in [-0.05, 0) is 44.6 Å². The second-order valence-corrected chi connectivity index (χ2v) is 10.0. The molecule has 0 aromatic heterocycles. The highest BCUT2D eigenvalue weighted by atomic mass is 28.4. The molecule has 0 aliphatic carbocycles. The molecule has 0 spiro atoms. The van der Waals surface area contributed by atoms with Crippen molar-refractivity contribution in [2.24, 2.45) is 0 Å². The Hall–Kier alpha value is -1.88. The van der Waals surface area contributed by atoms with Crippen LogP contribution in [-0.4, -0.2) is 26.9 Å². The molecule has 0 radical (unpaired) electrons. The van der Waals surface area contributed by atoms with E-state index < -0.39 is 20.3 Å². The Balaban J connectivity index is 2.81. The summed E-state index contributed by atoms with van der Waals surface area (Å²) in [7, 11) is -2.01. The van der Waals surface area contributed by atoms with E-state index in [0.717, 1.165) is 12.8 Å². The Bertz CT molecular complexity index is 517. The lowest BCUT2D eigenvalue weighted by molar-refractivity contribution is 0.0492. The third-order valence-corrected chi connectivity index (χ3v) is 3.35. The molecule has 0 aliphatic heterocycles. The molecule has 0 saturated heterocycles. The summed E-state index contributed by atoms with van der Waals surface area (Å²) in [5.74, 6) is -0.963. The van der Waals surface area contributed by atoms with Crippen LogP contribution < -0.4 is 0 Å². The van der Waals surface area contributed by atoms with Crippen molar-refractivity contribution < 1.29 is 18.8 Å². The molecule has 0 saturated carbocycles. The highest BCUT2D eigenvalue weighted by molar-refractivity contribution is 6.71. The number of rotatable bonds is 7. The average molecular weight is 306 g/mol. The summed E-state index contributed by atoms with van der Waals surface area (Å²) >= 11 is 0. The zero-order valence-corrected chi connectivity index (χ0v) is 13.8. The molecule has 0 atom stereocenters. The molecular formula is C16H22O4Si. The second-order valence-electron chi connectivity index (χ2n) is 5.61. The first-order valence-corrected chi connectivity index (χ1v) is 10.4. The summed E-state index contributed by atoms with van der Waals surface area (Å²) in [4.78, 5) is 24.2. The van der Waals surface area contributed by atoms with Crippen LogP contribution in [-0.2, 0) is 9.16 Å². The lowest BCUT2D eigenvalue weighted by Crippen LogP contribution is -2.30. The number of benzene rings is 1. The van der Waals surface area contributed by atoms with Gasteiger partial charge in [0.25, 0.3) is 0 Å². The predicted molar refractivity (Wildman–Crippen MR) is 84.9 cm³/mol. The lowest BCUT2D eigenvalue weighted by atomic mass is 10.1. The van der Waals surface area contributed by atoms with Gasteiger partial charge in [-0.1, -0.05) is 18.2 Å². The Morgan fingerprint density at radius 2 is 1.71 bits per heavy atom. The summed E-state index contributed by atoms with van der Waals surface area (Å²) < 4.78 is 10.6. The van der Waals surface area contributed by atoms with E-state index in [1.165, 1.54) is 0 Å². The minimum atomic E-state index is -2.01. The molecular weight excluding hydrogens is 284 g/mol. The van der Waals surface area contributed by atoms with Gasteiger partial charge >= 0.3 is 11.9 Å². The highest BCUT2D eigenvalue weighted by Gasteiger charge is 2.24. The summed E-state index contributed by atoms with van der Waals surface area (Å²) in [6.07, 6.45) is 3.27. The van der Waals surface area contributed by atoms with E-state index in [4.69, 9.17) is 9.16 Å². The fourth-order valence-electron chi connectivity index (χ4n) is 1.64. The molecule has 0 N–H and O–H groups in total. The van der Waals surface area contributed by atoms with Crippen LogP contribution in [0.25, 0.3) is 0 Å². The van der Waals surface area contributed by atoms with Gasteiger partial charge in [0.1, 0.15) is 0 Å². The van der Waals surface area contributed by atoms with Crippen molar-refractivity contribution in [3.05, 3.63) is 48.0 Å². The fraction of sp³-hybridized carbons (Fsp3) is 0.375. The zero-order chi connectivity index (χ0) is 15.9. The van der Waals surface area contributed by atoms with E-state index in [9.17, 15) is 9.59 Å². The first-order valence-electron chi connectivity index (χ1n) is 6.95. The summed E-state index contributed by atoms with van der Waals surface area (Å²) in [6.45, 7) is 9.67. The van der Waals surface area contributed by atoms with Crippen molar-refractivity contribution in [1.82, 2.24) is 0 Å². The van der Waals surface area contributed by atoms with Gasteiger partial charge in [0, 0.05) is 0 Å². The minimum Gasteiger partial charge on any atom is -0.516 e. The van der Waals surface area contributed by atoms with E-state index in [1.807, 2.05) is 19.6 Å².